The predicted molar refractivity (Wildman–Crippen MR) is 43.8 cm³/mol. The normalized spacial score (nSPS) is 14.3. The van der Waals surface area contributed by atoms with Crippen LogP contribution in [0.4, 0.5) is 0 Å². The van der Waals surface area contributed by atoms with Crippen molar-refractivity contribution in [3.8, 4) is 0 Å². The van der Waals surface area contributed by atoms with Crippen molar-refractivity contribution in [3.05, 3.63) is 0 Å². The average molecular weight is 148 g/mol. The summed E-state index contributed by atoms with van der Waals surface area (Å²) in [4.78, 5) is 0. The van der Waals surface area contributed by atoms with Crippen LogP contribution in [0.15, 0.2) is 0 Å². The second-order valence-electron chi connectivity index (χ2n) is 2.59. The summed E-state index contributed by atoms with van der Waals surface area (Å²) in [6, 6.07) is 0. The summed E-state index contributed by atoms with van der Waals surface area (Å²) in [5.74, 6) is 1.48. The van der Waals surface area contributed by atoms with Crippen molar-refractivity contribution in [3.63, 3.8) is 0 Å². The highest BCUT2D eigenvalue weighted by atomic mass is 32.2. The van der Waals surface area contributed by atoms with E-state index in [1.54, 1.807) is 11.8 Å². The van der Waals surface area contributed by atoms with Crippen molar-refractivity contribution < 1.29 is 5.11 Å². The van der Waals surface area contributed by atoms with Gasteiger partial charge in [-0.1, -0.05) is 13.8 Å². The van der Waals surface area contributed by atoms with E-state index in [0.717, 1.165) is 12.2 Å². The van der Waals surface area contributed by atoms with Crippen LogP contribution in [0, 0.1) is 5.92 Å². The van der Waals surface area contributed by atoms with Crippen LogP contribution in [0.25, 0.3) is 0 Å². The number of aliphatic hydroxyl groups excluding tert-OH is 1. The summed E-state index contributed by atoms with van der Waals surface area (Å²) >= 11 is 1.79. The minimum atomic E-state index is -0.0996. The number of hydrogen-bond acceptors (Lipinski definition) is 2. The van der Waals surface area contributed by atoms with Crippen molar-refractivity contribution in [1.82, 2.24) is 0 Å². The lowest BCUT2D eigenvalue weighted by atomic mass is 10.1. The van der Waals surface area contributed by atoms with Gasteiger partial charge in [-0.05, 0) is 24.3 Å². The van der Waals surface area contributed by atoms with Gasteiger partial charge in [0.2, 0.25) is 0 Å². The number of hydrogen-bond donors (Lipinski definition) is 1. The third-order valence-electron chi connectivity index (χ3n) is 1.39. The van der Waals surface area contributed by atoms with Gasteiger partial charge in [0.25, 0.3) is 0 Å². The van der Waals surface area contributed by atoms with Gasteiger partial charge in [0.15, 0.2) is 0 Å². The van der Waals surface area contributed by atoms with Gasteiger partial charge in [-0.2, -0.15) is 11.8 Å². The van der Waals surface area contributed by atoms with Gasteiger partial charge in [-0.3, -0.25) is 0 Å². The van der Waals surface area contributed by atoms with Crippen molar-refractivity contribution >= 4 is 11.8 Å². The van der Waals surface area contributed by atoms with Crippen LogP contribution in [0.5, 0.6) is 0 Å². The van der Waals surface area contributed by atoms with E-state index in [2.05, 4.69) is 6.26 Å². The van der Waals surface area contributed by atoms with E-state index in [1.807, 2.05) is 13.8 Å². The molecule has 0 bridgehead atoms. The first-order valence-corrected chi connectivity index (χ1v) is 4.75. The van der Waals surface area contributed by atoms with Crippen LogP contribution < -0.4 is 0 Å². The molecule has 9 heavy (non-hydrogen) atoms. The highest BCUT2D eigenvalue weighted by Gasteiger charge is 2.06. The zero-order valence-corrected chi connectivity index (χ0v) is 7.24. The molecule has 0 saturated heterocycles. The van der Waals surface area contributed by atoms with E-state index in [4.69, 9.17) is 0 Å². The van der Waals surface area contributed by atoms with Gasteiger partial charge >= 0.3 is 0 Å². The summed E-state index contributed by atoms with van der Waals surface area (Å²) < 4.78 is 0. The Morgan fingerprint density at radius 1 is 1.44 bits per heavy atom. The van der Waals surface area contributed by atoms with Crippen molar-refractivity contribution in [2.24, 2.45) is 5.92 Å². The molecule has 0 heterocycles. The zero-order chi connectivity index (χ0) is 7.28. The summed E-state index contributed by atoms with van der Waals surface area (Å²) in [5, 5.41) is 9.24. The Kier molecular flexibility index (Phi) is 5.30. The molecule has 0 amide bonds. The second-order valence-corrected chi connectivity index (χ2v) is 3.58. The monoisotopic (exact) mass is 148 g/mol. The van der Waals surface area contributed by atoms with Crippen LogP contribution in [0.2, 0.25) is 0 Å². The van der Waals surface area contributed by atoms with Crippen LogP contribution in [-0.2, 0) is 0 Å². The fraction of sp³-hybridized carbons (Fsp3) is 1.00. The van der Waals surface area contributed by atoms with Crippen molar-refractivity contribution in [2.75, 3.05) is 12.0 Å². The molecule has 1 atom stereocenters. The van der Waals surface area contributed by atoms with E-state index in [1.165, 1.54) is 0 Å². The Morgan fingerprint density at radius 2 is 2.00 bits per heavy atom. The van der Waals surface area contributed by atoms with E-state index in [9.17, 15) is 5.11 Å². The standard InChI is InChI=1S/C7H16OS/c1-6(2)7(8)4-5-9-3/h6-8H,4-5H2,1-3H3. The van der Waals surface area contributed by atoms with Gasteiger partial charge < -0.3 is 5.11 Å². The predicted octanol–water partition coefficient (Wildman–Crippen LogP) is 1.76. The Balaban J connectivity index is 3.16. The Labute approximate surface area is 61.8 Å². The quantitative estimate of drug-likeness (QED) is 0.655. The number of aliphatic hydroxyl groups is 1. The summed E-state index contributed by atoms with van der Waals surface area (Å²) in [7, 11) is 0. The molecule has 0 aliphatic carbocycles. The first-order chi connectivity index (χ1) is 4.18. The largest absolute Gasteiger partial charge is 0.393 e. The Bertz CT molecular complexity index is 63.9. The first-order valence-electron chi connectivity index (χ1n) is 3.35. The van der Waals surface area contributed by atoms with Gasteiger partial charge in [-0.15, -0.1) is 0 Å². The van der Waals surface area contributed by atoms with Crippen LogP contribution in [0.1, 0.15) is 20.3 Å². The molecule has 0 fully saturated rings. The number of rotatable bonds is 4. The smallest absolute Gasteiger partial charge is 0.0571 e. The van der Waals surface area contributed by atoms with Gasteiger partial charge in [0, 0.05) is 0 Å². The molecular formula is C7H16OS. The van der Waals surface area contributed by atoms with Crippen LogP contribution >= 0.6 is 11.8 Å². The Morgan fingerprint density at radius 3 is 2.33 bits per heavy atom. The average Bonchev–Trinajstić information content (AvgIpc) is 1.82. The third kappa shape index (κ3) is 4.79. The molecule has 0 aromatic heterocycles. The van der Waals surface area contributed by atoms with Crippen molar-refractivity contribution in [1.29, 1.82) is 0 Å². The molecule has 1 nitrogen and oxygen atoms in total. The van der Waals surface area contributed by atoms with Gasteiger partial charge in [0.1, 0.15) is 0 Å². The number of thioether (sulfide) groups is 1. The molecule has 0 aliphatic rings. The lowest BCUT2D eigenvalue weighted by Crippen LogP contribution is -2.14. The molecule has 0 spiro atoms. The topological polar surface area (TPSA) is 20.2 Å². The minimum absolute atomic E-state index is 0.0996. The van der Waals surface area contributed by atoms with E-state index in [-0.39, 0.29) is 6.10 Å². The second kappa shape index (κ2) is 5.12. The lowest BCUT2D eigenvalue weighted by molar-refractivity contribution is 0.123. The van der Waals surface area contributed by atoms with Crippen LogP contribution in [0.3, 0.4) is 0 Å². The highest BCUT2D eigenvalue weighted by molar-refractivity contribution is 7.98. The molecule has 56 valence electrons. The molecule has 1 N–H and O–H groups in total. The highest BCUT2D eigenvalue weighted by Crippen LogP contribution is 2.08. The lowest BCUT2D eigenvalue weighted by Gasteiger charge is -2.12. The van der Waals surface area contributed by atoms with Crippen LogP contribution in [-0.4, -0.2) is 23.2 Å². The van der Waals surface area contributed by atoms with E-state index < -0.39 is 0 Å². The van der Waals surface area contributed by atoms with Crippen molar-refractivity contribution in [2.45, 2.75) is 26.4 Å². The first kappa shape index (κ1) is 9.31. The molecule has 2 heteroatoms. The maximum Gasteiger partial charge on any atom is 0.0571 e. The zero-order valence-electron chi connectivity index (χ0n) is 6.42. The summed E-state index contributed by atoms with van der Waals surface area (Å²) in [6.45, 7) is 4.09. The summed E-state index contributed by atoms with van der Waals surface area (Å²) in [5.41, 5.74) is 0. The van der Waals surface area contributed by atoms with E-state index >= 15 is 0 Å². The molecule has 0 aromatic carbocycles. The maximum absolute atomic E-state index is 9.24. The molecular weight excluding hydrogens is 132 g/mol. The van der Waals surface area contributed by atoms with Gasteiger partial charge in [0.05, 0.1) is 6.10 Å². The van der Waals surface area contributed by atoms with Gasteiger partial charge in [-0.25, -0.2) is 0 Å². The maximum atomic E-state index is 9.24. The molecule has 0 radical (unpaired) electrons. The fourth-order valence-corrected chi connectivity index (χ4v) is 1.05. The SMILES string of the molecule is CSCCC(O)C(C)C. The molecule has 1 unspecified atom stereocenters. The Hall–Kier alpha value is 0.310. The fourth-order valence-electron chi connectivity index (χ4n) is 0.572. The van der Waals surface area contributed by atoms with E-state index in [0.29, 0.717) is 5.92 Å². The third-order valence-corrected chi connectivity index (χ3v) is 2.03. The molecule has 0 saturated carbocycles. The minimum Gasteiger partial charge on any atom is -0.393 e. The molecule has 0 rings (SSSR count). The summed E-state index contributed by atoms with van der Waals surface area (Å²) in [6.07, 6.45) is 2.89. The molecule has 0 aliphatic heterocycles. The molecule has 0 aromatic rings.